The lowest BCUT2D eigenvalue weighted by molar-refractivity contribution is -0.0998. The van der Waals surface area contributed by atoms with Gasteiger partial charge in [0.15, 0.2) is 0 Å². The van der Waals surface area contributed by atoms with Gasteiger partial charge in [-0.2, -0.15) is 0 Å². The highest BCUT2D eigenvalue weighted by molar-refractivity contribution is 5.74. The summed E-state index contributed by atoms with van der Waals surface area (Å²) < 4.78 is 0. The van der Waals surface area contributed by atoms with Crippen LogP contribution in [0.1, 0.15) is 43.2 Å². The molecule has 0 radical (unpaired) electrons. The molecule has 3 aromatic rings. The van der Waals surface area contributed by atoms with E-state index in [2.05, 4.69) is 45.2 Å². The number of aromatic nitrogens is 2. The molecule has 2 aromatic carbocycles. The molecule has 2 atom stereocenters. The maximum absolute atomic E-state index is 11.6. The van der Waals surface area contributed by atoms with Crippen LogP contribution in [0.4, 0.5) is 0 Å². The largest absolute Gasteiger partial charge is 0.385 e. The molecule has 1 aromatic heterocycles. The summed E-state index contributed by atoms with van der Waals surface area (Å²) in [5.74, 6) is 0. The quantitative estimate of drug-likeness (QED) is 0.767. The van der Waals surface area contributed by atoms with Crippen LogP contribution in [0, 0.1) is 0 Å². The zero-order valence-corrected chi connectivity index (χ0v) is 15.5. The zero-order valence-electron chi connectivity index (χ0n) is 15.5. The average molecular weight is 359 g/mol. The fourth-order valence-electron chi connectivity index (χ4n) is 5.06. The van der Waals surface area contributed by atoms with Gasteiger partial charge in [-0.25, -0.2) is 0 Å². The van der Waals surface area contributed by atoms with Crippen molar-refractivity contribution < 1.29 is 5.11 Å². The van der Waals surface area contributed by atoms with Gasteiger partial charge in [-0.1, -0.05) is 42.8 Å². The predicted octanol–water partition coefficient (Wildman–Crippen LogP) is 4.03. The molecule has 27 heavy (non-hydrogen) atoms. The number of piperidine rings is 2. The number of benzene rings is 2. The molecule has 0 aliphatic carbocycles. The normalized spacial score (nSPS) is 28.3. The van der Waals surface area contributed by atoms with E-state index in [9.17, 15) is 5.11 Å². The molecule has 2 unspecified atom stereocenters. The van der Waals surface area contributed by atoms with Crippen LogP contribution in [0.5, 0.6) is 0 Å². The Labute approximate surface area is 159 Å². The van der Waals surface area contributed by atoms with Crippen molar-refractivity contribution in [3.63, 3.8) is 0 Å². The smallest absolute Gasteiger partial charge is 0.0927 e. The molecule has 0 amide bonds. The fraction of sp³-hybridized carbons (Fsp3) is 0.391. The lowest BCUT2D eigenvalue weighted by Gasteiger charge is -2.52. The Morgan fingerprint density at radius 2 is 1.63 bits per heavy atom. The van der Waals surface area contributed by atoms with Gasteiger partial charge in [0.2, 0.25) is 0 Å². The summed E-state index contributed by atoms with van der Waals surface area (Å²) in [6, 6.07) is 17.6. The summed E-state index contributed by atoms with van der Waals surface area (Å²) in [5, 5.41) is 11.6. The second-order valence-electron chi connectivity index (χ2n) is 8.10. The average Bonchev–Trinajstić information content (AvgIpc) is 2.69. The van der Waals surface area contributed by atoms with Gasteiger partial charge in [0, 0.05) is 31.0 Å². The molecule has 2 bridgehead atoms. The van der Waals surface area contributed by atoms with Gasteiger partial charge < -0.3 is 5.11 Å². The summed E-state index contributed by atoms with van der Waals surface area (Å²) in [6.45, 7) is 0.982. The molecule has 2 aliphatic rings. The van der Waals surface area contributed by atoms with Crippen molar-refractivity contribution in [3.8, 4) is 0 Å². The van der Waals surface area contributed by atoms with E-state index in [-0.39, 0.29) is 0 Å². The van der Waals surface area contributed by atoms with Crippen LogP contribution < -0.4 is 0 Å². The molecule has 0 spiro atoms. The molecule has 4 nitrogen and oxygen atoms in total. The maximum Gasteiger partial charge on any atom is 0.0927 e. The first-order chi connectivity index (χ1) is 13.2. The molecule has 0 saturated carbocycles. The Kier molecular flexibility index (Phi) is 4.18. The molecule has 2 aliphatic heterocycles. The topological polar surface area (TPSA) is 49.3 Å². The van der Waals surface area contributed by atoms with Crippen molar-refractivity contribution in [2.24, 2.45) is 0 Å². The molecule has 5 rings (SSSR count). The highest BCUT2D eigenvalue weighted by atomic mass is 16.3. The molecule has 4 heteroatoms. The minimum Gasteiger partial charge on any atom is -0.385 e. The Bertz CT molecular complexity index is 929. The van der Waals surface area contributed by atoms with Crippen molar-refractivity contribution >= 4 is 11.0 Å². The zero-order chi connectivity index (χ0) is 18.3. The van der Waals surface area contributed by atoms with Crippen LogP contribution in [-0.2, 0) is 12.1 Å². The first-order valence-electron chi connectivity index (χ1n) is 9.95. The fourth-order valence-corrected chi connectivity index (χ4v) is 5.06. The molecular formula is C23H25N3O. The molecule has 2 fully saturated rings. The maximum atomic E-state index is 11.6. The van der Waals surface area contributed by atoms with Crippen molar-refractivity contribution in [2.45, 2.75) is 56.3 Å². The second-order valence-corrected chi connectivity index (χ2v) is 8.10. The molecule has 3 heterocycles. The predicted molar refractivity (Wildman–Crippen MR) is 106 cm³/mol. The first kappa shape index (κ1) is 16.8. The number of hydrogen-bond acceptors (Lipinski definition) is 4. The second kappa shape index (κ2) is 6.70. The lowest BCUT2D eigenvalue weighted by atomic mass is 9.72. The van der Waals surface area contributed by atoms with Gasteiger partial charge >= 0.3 is 0 Å². The van der Waals surface area contributed by atoms with E-state index < -0.39 is 5.60 Å². The van der Waals surface area contributed by atoms with Gasteiger partial charge in [0.05, 0.1) is 16.6 Å². The van der Waals surface area contributed by atoms with Crippen molar-refractivity contribution in [1.82, 2.24) is 14.9 Å². The van der Waals surface area contributed by atoms with Gasteiger partial charge in [-0.05, 0) is 48.9 Å². The highest BCUT2D eigenvalue weighted by Crippen LogP contribution is 2.45. The number of hydrogen-bond donors (Lipinski definition) is 1. The number of fused-ring (bicyclic) bond motifs is 3. The minimum absolute atomic E-state index is 0.431. The van der Waals surface area contributed by atoms with Crippen LogP contribution in [0.3, 0.4) is 0 Å². The Balaban J connectivity index is 1.44. The highest BCUT2D eigenvalue weighted by Gasteiger charge is 2.46. The van der Waals surface area contributed by atoms with Crippen LogP contribution in [0.15, 0.2) is 60.9 Å². The monoisotopic (exact) mass is 359 g/mol. The van der Waals surface area contributed by atoms with E-state index in [1.54, 1.807) is 12.4 Å². The van der Waals surface area contributed by atoms with E-state index in [0.29, 0.717) is 12.1 Å². The molecule has 138 valence electrons. The van der Waals surface area contributed by atoms with Crippen molar-refractivity contribution in [1.29, 1.82) is 0 Å². The first-order valence-corrected chi connectivity index (χ1v) is 9.95. The van der Waals surface area contributed by atoms with Crippen molar-refractivity contribution in [3.05, 3.63) is 72.1 Å². The van der Waals surface area contributed by atoms with Crippen molar-refractivity contribution in [2.75, 3.05) is 0 Å². The third-order valence-electron chi connectivity index (χ3n) is 6.37. The van der Waals surface area contributed by atoms with E-state index in [1.165, 1.54) is 24.8 Å². The lowest BCUT2D eigenvalue weighted by Crippen LogP contribution is -2.56. The molecule has 2 saturated heterocycles. The molecule has 1 N–H and O–H groups in total. The summed E-state index contributed by atoms with van der Waals surface area (Å²) in [4.78, 5) is 11.4. The van der Waals surface area contributed by atoms with E-state index in [1.807, 2.05) is 18.2 Å². The van der Waals surface area contributed by atoms with Gasteiger partial charge in [-0.15, -0.1) is 0 Å². The van der Waals surface area contributed by atoms with E-state index >= 15 is 0 Å². The summed E-state index contributed by atoms with van der Waals surface area (Å²) in [6.07, 6.45) is 8.61. The summed E-state index contributed by atoms with van der Waals surface area (Å²) in [5.41, 5.74) is 3.33. The summed E-state index contributed by atoms with van der Waals surface area (Å²) >= 11 is 0. The third kappa shape index (κ3) is 3.13. The van der Waals surface area contributed by atoms with E-state index in [4.69, 9.17) is 0 Å². The van der Waals surface area contributed by atoms with Gasteiger partial charge in [0.25, 0.3) is 0 Å². The Morgan fingerprint density at radius 3 is 2.37 bits per heavy atom. The van der Waals surface area contributed by atoms with Crippen LogP contribution in [0.2, 0.25) is 0 Å². The van der Waals surface area contributed by atoms with Crippen LogP contribution >= 0.6 is 0 Å². The van der Waals surface area contributed by atoms with Gasteiger partial charge in [-0.3, -0.25) is 14.9 Å². The number of nitrogens with zero attached hydrogens (tertiary/aromatic N) is 3. The minimum atomic E-state index is -0.769. The third-order valence-corrected chi connectivity index (χ3v) is 6.37. The number of aliphatic hydroxyl groups is 1. The standard InChI is InChI=1S/C23H25N3O/c27-23(18-9-10-21-22(13-18)25-12-11-24-21)14-19-7-4-8-20(15-23)26(19)16-17-5-2-1-3-6-17/h1-3,5-6,9-13,19-20,27H,4,7-8,14-16H2. The Hall–Kier alpha value is -2.30. The molecular weight excluding hydrogens is 334 g/mol. The van der Waals surface area contributed by atoms with Crippen LogP contribution in [-0.4, -0.2) is 32.1 Å². The SMILES string of the molecule is OC1(c2ccc3nccnc3c2)CC2CCCC(C1)N2Cc1ccccc1. The summed E-state index contributed by atoms with van der Waals surface area (Å²) in [7, 11) is 0. The van der Waals surface area contributed by atoms with Gasteiger partial charge in [0.1, 0.15) is 0 Å². The Morgan fingerprint density at radius 1 is 0.926 bits per heavy atom. The van der Waals surface area contributed by atoms with E-state index in [0.717, 1.165) is 36.0 Å². The number of rotatable bonds is 3. The van der Waals surface area contributed by atoms with Crippen LogP contribution in [0.25, 0.3) is 11.0 Å².